The summed E-state index contributed by atoms with van der Waals surface area (Å²) in [5, 5.41) is 12.0. The summed E-state index contributed by atoms with van der Waals surface area (Å²) in [6.45, 7) is 0.252. The molecule has 0 spiro atoms. The summed E-state index contributed by atoms with van der Waals surface area (Å²) in [5.41, 5.74) is 1.02. The van der Waals surface area contributed by atoms with E-state index in [1.807, 2.05) is 18.2 Å². The molecule has 3 rings (SSSR count). The van der Waals surface area contributed by atoms with E-state index in [1.54, 1.807) is 11.8 Å². The molecule has 0 saturated carbocycles. The van der Waals surface area contributed by atoms with Crippen LogP contribution in [0.5, 0.6) is 11.5 Å². The van der Waals surface area contributed by atoms with Gasteiger partial charge < -0.3 is 14.6 Å². The highest BCUT2D eigenvalue weighted by atomic mass is 32.2. The third-order valence-corrected chi connectivity index (χ3v) is 4.05. The summed E-state index contributed by atoms with van der Waals surface area (Å²) < 4.78 is 10.5. The average molecular weight is 253 g/mol. The zero-order valence-electron chi connectivity index (χ0n) is 8.88. The van der Waals surface area contributed by atoms with Gasteiger partial charge in [-0.2, -0.15) is 0 Å². The van der Waals surface area contributed by atoms with Crippen LogP contribution in [0.15, 0.2) is 18.2 Å². The Balaban J connectivity index is 1.79. The number of carboxylic acids is 1. The molecule has 1 fully saturated rings. The van der Waals surface area contributed by atoms with Crippen molar-refractivity contribution in [3.63, 3.8) is 0 Å². The highest BCUT2D eigenvalue weighted by molar-refractivity contribution is 7.99. The molecule has 0 radical (unpaired) electrons. The fourth-order valence-electron chi connectivity index (χ4n) is 1.88. The second-order valence-corrected chi connectivity index (χ2v) is 5.02. The Labute approximate surface area is 102 Å². The number of carboxylic acid groups (broad SMARTS) is 1. The van der Waals surface area contributed by atoms with E-state index in [4.69, 9.17) is 14.6 Å². The maximum absolute atomic E-state index is 10.8. The minimum atomic E-state index is -0.805. The standard InChI is InChI=1S/C11H11NO4S/c13-11(14)7-4-17-10(12-7)6-1-2-8-9(3-6)16-5-15-8/h1-3,7,10,12H,4-5H2,(H,13,14)/t7-,10+/m0/s1. The first-order valence-electron chi connectivity index (χ1n) is 5.24. The molecule has 1 aromatic carbocycles. The van der Waals surface area contributed by atoms with Crippen LogP contribution in [0.2, 0.25) is 0 Å². The van der Waals surface area contributed by atoms with Gasteiger partial charge in [-0.1, -0.05) is 6.07 Å². The number of fused-ring (bicyclic) bond motifs is 1. The molecule has 2 atom stereocenters. The van der Waals surface area contributed by atoms with E-state index < -0.39 is 12.0 Å². The van der Waals surface area contributed by atoms with Crippen LogP contribution >= 0.6 is 11.8 Å². The van der Waals surface area contributed by atoms with Crippen molar-refractivity contribution >= 4 is 17.7 Å². The monoisotopic (exact) mass is 253 g/mol. The molecule has 1 saturated heterocycles. The number of carbonyl (C=O) groups is 1. The number of aliphatic carboxylic acids is 1. The lowest BCUT2D eigenvalue weighted by Gasteiger charge is -2.11. The molecular formula is C11H11NO4S. The van der Waals surface area contributed by atoms with Crippen LogP contribution in [0.1, 0.15) is 10.9 Å². The van der Waals surface area contributed by atoms with Gasteiger partial charge in [0.15, 0.2) is 11.5 Å². The molecule has 2 aliphatic rings. The van der Waals surface area contributed by atoms with E-state index in [9.17, 15) is 4.79 Å². The minimum absolute atomic E-state index is 0.00519. The summed E-state index contributed by atoms with van der Waals surface area (Å²) in [6, 6.07) is 5.21. The third-order valence-electron chi connectivity index (χ3n) is 2.78. The number of hydrogen-bond acceptors (Lipinski definition) is 5. The molecule has 0 unspecified atom stereocenters. The Morgan fingerprint density at radius 1 is 1.41 bits per heavy atom. The number of benzene rings is 1. The van der Waals surface area contributed by atoms with Gasteiger partial charge in [0.2, 0.25) is 6.79 Å². The quantitative estimate of drug-likeness (QED) is 0.825. The van der Waals surface area contributed by atoms with Crippen LogP contribution in [0.4, 0.5) is 0 Å². The van der Waals surface area contributed by atoms with Gasteiger partial charge in [0.25, 0.3) is 0 Å². The molecule has 2 aliphatic heterocycles. The number of ether oxygens (including phenoxy) is 2. The third kappa shape index (κ3) is 1.94. The smallest absolute Gasteiger partial charge is 0.321 e. The Hall–Kier alpha value is -1.40. The average Bonchev–Trinajstić information content (AvgIpc) is 2.97. The molecule has 2 N–H and O–H groups in total. The van der Waals surface area contributed by atoms with Gasteiger partial charge >= 0.3 is 5.97 Å². The first kappa shape index (κ1) is 10.7. The highest BCUT2D eigenvalue weighted by Gasteiger charge is 2.31. The molecule has 0 aromatic heterocycles. The van der Waals surface area contributed by atoms with Gasteiger partial charge in [-0.15, -0.1) is 11.8 Å². The molecule has 2 heterocycles. The fourth-order valence-corrected chi connectivity index (χ4v) is 3.11. The van der Waals surface area contributed by atoms with E-state index in [1.165, 1.54) is 0 Å². The number of hydrogen-bond donors (Lipinski definition) is 2. The van der Waals surface area contributed by atoms with Crippen molar-refractivity contribution in [2.45, 2.75) is 11.4 Å². The molecule has 17 heavy (non-hydrogen) atoms. The number of thioether (sulfide) groups is 1. The van der Waals surface area contributed by atoms with E-state index >= 15 is 0 Å². The summed E-state index contributed by atoms with van der Waals surface area (Å²) >= 11 is 1.59. The van der Waals surface area contributed by atoms with Gasteiger partial charge in [0, 0.05) is 5.75 Å². The Morgan fingerprint density at radius 2 is 2.24 bits per heavy atom. The molecule has 0 aliphatic carbocycles. The summed E-state index contributed by atoms with van der Waals surface area (Å²) in [6.07, 6.45) is 0. The molecule has 5 nitrogen and oxygen atoms in total. The van der Waals surface area contributed by atoms with Gasteiger partial charge in [-0.3, -0.25) is 10.1 Å². The van der Waals surface area contributed by atoms with Crippen molar-refractivity contribution < 1.29 is 19.4 Å². The van der Waals surface area contributed by atoms with Crippen molar-refractivity contribution in [2.75, 3.05) is 12.5 Å². The molecule has 0 bridgehead atoms. The Morgan fingerprint density at radius 3 is 3.00 bits per heavy atom. The normalized spacial score (nSPS) is 26.1. The van der Waals surface area contributed by atoms with Crippen molar-refractivity contribution in [1.82, 2.24) is 5.32 Å². The second-order valence-electron chi connectivity index (χ2n) is 3.88. The fraction of sp³-hybridized carbons (Fsp3) is 0.364. The summed E-state index contributed by atoms with van der Waals surface area (Å²) in [7, 11) is 0. The molecule has 6 heteroatoms. The van der Waals surface area contributed by atoms with Crippen molar-refractivity contribution in [3.8, 4) is 11.5 Å². The predicted molar refractivity (Wildman–Crippen MR) is 62.3 cm³/mol. The van der Waals surface area contributed by atoms with Gasteiger partial charge in [0.05, 0.1) is 5.37 Å². The molecular weight excluding hydrogens is 242 g/mol. The molecule has 0 amide bonds. The second kappa shape index (κ2) is 4.12. The maximum atomic E-state index is 10.8. The van der Waals surface area contributed by atoms with Crippen LogP contribution in [0, 0.1) is 0 Å². The highest BCUT2D eigenvalue weighted by Crippen LogP contribution is 2.39. The van der Waals surface area contributed by atoms with Gasteiger partial charge in [0.1, 0.15) is 6.04 Å². The predicted octanol–water partition coefficient (Wildman–Crippen LogP) is 1.20. The van der Waals surface area contributed by atoms with E-state index in [0.717, 1.165) is 17.1 Å². The van der Waals surface area contributed by atoms with Crippen LogP contribution in [-0.2, 0) is 4.79 Å². The largest absolute Gasteiger partial charge is 0.480 e. The first-order valence-corrected chi connectivity index (χ1v) is 6.29. The van der Waals surface area contributed by atoms with Gasteiger partial charge in [-0.05, 0) is 17.7 Å². The van der Waals surface area contributed by atoms with E-state index in [2.05, 4.69) is 5.32 Å². The number of nitrogens with one attached hydrogen (secondary N) is 1. The van der Waals surface area contributed by atoms with Crippen molar-refractivity contribution in [2.24, 2.45) is 0 Å². The molecule has 1 aromatic rings. The summed E-state index contributed by atoms with van der Waals surface area (Å²) in [4.78, 5) is 10.8. The summed E-state index contributed by atoms with van der Waals surface area (Å²) in [5.74, 6) is 1.24. The van der Waals surface area contributed by atoms with E-state index in [0.29, 0.717) is 5.75 Å². The van der Waals surface area contributed by atoms with Crippen LogP contribution < -0.4 is 14.8 Å². The van der Waals surface area contributed by atoms with Crippen molar-refractivity contribution in [3.05, 3.63) is 23.8 Å². The zero-order valence-corrected chi connectivity index (χ0v) is 9.70. The van der Waals surface area contributed by atoms with Crippen LogP contribution in [0.3, 0.4) is 0 Å². The lowest BCUT2D eigenvalue weighted by atomic mass is 10.2. The lowest BCUT2D eigenvalue weighted by Crippen LogP contribution is -2.33. The number of rotatable bonds is 2. The Bertz CT molecular complexity index is 465. The molecule has 90 valence electrons. The van der Waals surface area contributed by atoms with E-state index in [-0.39, 0.29) is 12.2 Å². The SMILES string of the molecule is O=C(O)[C@@H]1CS[C@H](c2ccc3c(c2)OCO3)N1. The van der Waals surface area contributed by atoms with Crippen molar-refractivity contribution in [1.29, 1.82) is 0 Å². The van der Waals surface area contributed by atoms with Gasteiger partial charge in [-0.25, -0.2) is 0 Å². The van der Waals surface area contributed by atoms with Crippen LogP contribution in [0.25, 0.3) is 0 Å². The minimum Gasteiger partial charge on any atom is -0.480 e. The Kier molecular flexibility index (Phi) is 2.60. The first-order chi connectivity index (χ1) is 8.24. The lowest BCUT2D eigenvalue weighted by molar-refractivity contribution is -0.138. The topological polar surface area (TPSA) is 67.8 Å². The van der Waals surface area contributed by atoms with Crippen LogP contribution in [-0.4, -0.2) is 29.7 Å². The maximum Gasteiger partial charge on any atom is 0.321 e. The zero-order chi connectivity index (χ0) is 11.8.